The molecule has 1 aromatic carbocycles. The average molecular weight is 328 g/mol. The molecule has 1 fully saturated rings. The number of nitrogens with zero attached hydrogens (tertiary/aromatic N) is 2. The first-order valence-electron chi connectivity index (χ1n) is 7.09. The van der Waals surface area contributed by atoms with E-state index in [1.54, 1.807) is 0 Å². The van der Waals surface area contributed by atoms with Gasteiger partial charge in [-0.05, 0) is 42.5 Å². The van der Waals surface area contributed by atoms with Crippen LogP contribution in [-0.4, -0.2) is 47.7 Å². The molecule has 0 atom stereocenters. The maximum absolute atomic E-state index is 13.9. The van der Waals surface area contributed by atoms with Gasteiger partial charge >= 0.3 is 5.97 Å². The van der Waals surface area contributed by atoms with Crippen LogP contribution >= 0.6 is 0 Å². The Hall–Kier alpha value is -1.51. The lowest BCUT2D eigenvalue weighted by Gasteiger charge is -2.32. The number of hydrogen-bond donors (Lipinski definition) is 1. The summed E-state index contributed by atoms with van der Waals surface area (Å²) in [7, 11) is -2.11. The fourth-order valence-corrected chi connectivity index (χ4v) is 4.38. The summed E-state index contributed by atoms with van der Waals surface area (Å²) in [6, 6.07) is 2.35. The van der Waals surface area contributed by atoms with Gasteiger partial charge in [0.1, 0.15) is 5.82 Å². The molecule has 1 aromatic rings. The van der Waals surface area contributed by atoms with Crippen LogP contribution in [0.25, 0.3) is 0 Å². The zero-order chi connectivity index (χ0) is 16.1. The molecule has 1 saturated carbocycles. The number of hydrogen-bond acceptors (Lipinski definition) is 3. The van der Waals surface area contributed by atoms with Crippen LogP contribution in [-0.2, 0) is 23.2 Å². The van der Waals surface area contributed by atoms with Gasteiger partial charge in [0.05, 0.1) is 5.56 Å². The van der Waals surface area contributed by atoms with E-state index in [1.165, 1.54) is 21.7 Å². The first-order chi connectivity index (χ1) is 10.3. The number of rotatable bonds is 4. The summed E-state index contributed by atoms with van der Waals surface area (Å²) in [6.07, 6.45) is 1.87. The Labute approximate surface area is 128 Å². The maximum Gasteiger partial charge on any atom is 0.336 e. The first-order valence-corrected chi connectivity index (χ1v) is 8.48. The molecule has 6 nitrogen and oxygen atoms in total. The molecule has 0 aromatic heterocycles. The van der Waals surface area contributed by atoms with Crippen LogP contribution in [0.2, 0.25) is 0 Å². The van der Waals surface area contributed by atoms with Crippen LogP contribution in [0.15, 0.2) is 12.1 Å². The van der Waals surface area contributed by atoms with E-state index in [-0.39, 0.29) is 36.7 Å². The van der Waals surface area contributed by atoms with Gasteiger partial charge in [-0.3, -0.25) is 0 Å². The van der Waals surface area contributed by atoms with Crippen molar-refractivity contribution in [3.63, 3.8) is 0 Å². The van der Waals surface area contributed by atoms with Crippen molar-refractivity contribution < 1.29 is 22.7 Å². The van der Waals surface area contributed by atoms with Gasteiger partial charge in [0, 0.05) is 26.2 Å². The monoisotopic (exact) mass is 328 g/mol. The third-order valence-electron chi connectivity index (χ3n) is 4.30. The number of carboxylic acids is 1. The van der Waals surface area contributed by atoms with Gasteiger partial charge in [-0.2, -0.15) is 17.0 Å². The summed E-state index contributed by atoms with van der Waals surface area (Å²) in [5.41, 5.74) is 0.525. The summed E-state index contributed by atoms with van der Waals surface area (Å²) >= 11 is 0. The molecular formula is C14H17FN2O4S. The van der Waals surface area contributed by atoms with E-state index < -0.39 is 22.0 Å². The Kier molecular flexibility index (Phi) is 3.70. The molecule has 0 radical (unpaired) electrons. The third kappa shape index (κ3) is 2.51. The van der Waals surface area contributed by atoms with Crippen LogP contribution in [0.5, 0.6) is 0 Å². The molecule has 22 heavy (non-hydrogen) atoms. The van der Waals surface area contributed by atoms with Crippen molar-refractivity contribution in [2.45, 2.75) is 31.8 Å². The van der Waals surface area contributed by atoms with E-state index in [0.717, 1.165) is 18.9 Å². The van der Waals surface area contributed by atoms with Crippen molar-refractivity contribution in [3.8, 4) is 0 Å². The van der Waals surface area contributed by atoms with Crippen LogP contribution in [0.1, 0.15) is 34.3 Å². The molecule has 0 spiro atoms. The van der Waals surface area contributed by atoms with E-state index in [2.05, 4.69) is 0 Å². The van der Waals surface area contributed by atoms with E-state index in [0.29, 0.717) is 5.56 Å². The Morgan fingerprint density at radius 3 is 2.64 bits per heavy atom. The van der Waals surface area contributed by atoms with Gasteiger partial charge < -0.3 is 5.11 Å². The van der Waals surface area contributed by atoms with Crippen molar-refractivity contribution in [1.29, 1.82) is 0 Å². The van der Waals surface area contributed by atoms with E-state index in [4.69, 9.17) is 0 Å². The largest absolute Gasteiger partial charge is 0.478 e. The van der Waals surface area contributed by atoms with Gasteiger partial charge in [-0.15, -0.1) is 0 Å². The van der Waals surface area contributed by atoms with Gasteiger partial charge in [0.15, 0.2) is 0 Å². The molecule has 1 aliphatic heterocycles. The molecule has 2 aliphatic rings. The average Bonchev–Trinajstić information content (AvgIpc) is 3.30. The zero-order valence-corrected chi connectivity index (χ0v) is 12.9. The SMILES string of the molecule is CN(C1CC1)S(=O)(=O)N1CCc2c(F)ccc(C(=O)O)c2C1. The lowest BCUT2D eigenvalue weighted by Crippen LogP contribution is -2.45. The van der Waals surface area contributed by atoms with Crippen molar-refractivity contribution in [1.82, 2.24) is 8.61 Å². The molecular weight excluding hydrogens is 311 g/mol. The molecule has 1 N–H and O–H groups in total. The van der Waals surface area contributed by atoms with Gasteiger partial charge in [0.25, 0.3) is 10.2 Å². The summed E-state index contributed by atoms with van der Waals surface area (Å²) in [6.45, 7) is 0.0561. The highest BCUT2D eigenvalue weighted by Gasteiger charge is 2.39. The van der Waals surface area contributed by atoms with Crippen LogP contribution in [0, 0.1) is 5.82 Å². The fraction of sp³-hybridized carbons (Fsp3) is 0.500. The standard InChI is InChI=1S/C14H17FN2O4S/c1-16(9-2-3-9)22(20,21)17-7-6-10-12(8-17)11(14(18)19)4-5-13(10)15/h4-5,9H,2-3,6-8H2,1H3,(H,18,19). The Bertz CT molecular complexity index is 731. The Morgan fingerprint density at radius 2 is 2.05 bits per heavy atom. The molecule has 8 heteroatoms. The Morgan fingerprint density at radius 1 is 1.36 bits per heavy atom. The van der Waals surface area contributed by atoms with E-state index >= 15 is 0 Å². The quantitative estimate of drug-likeness (QED) is 0.901. The van der Waals surface area contributed by atoms with E-state index in [9.17, 15) is 22.7 Å². The summed E-state index contributed by atoms with van der Waals surface area (Å²) in [5.74, 6) is -1.65. The number of carbonyl (C=O) groups is 1. The van der Waals surface area contributed by atoms with Crippen LogP contribution in [0.3, 0.4) is 0 Å². The molecule has 1 aliphatic carbocycles. The molecule has 120 valence electrons. The predicted octanol–water partition coefficient (Wildman–Crippen LogP) is 1.22. The second-order valence-electron chi connectivity index (χ2n) is 5.70. The van der Waals surface area contributed by atoms with Gasteiger partial charge in [0.2, 0.25) is 0 Å². The topological polar surface area (TPSA) is 77.9 Å². The molecule has 0 bridgehead atoms. The smallest absolute Gasteiger partial charge is 0.336 e. The summed E-state index contributed by atoms with van der Waals surface area (Å²) in [5, 5.41) is 9.23. The predicted molar refractivity (Wildman–Crippen MR) is 77.2 cm³/mol. The van der Waals surface area contributed by atoms with Gasteiger partial charge in [-0.25, -0.2) is 9.18 Å². The highest BCUT2D eigenvalue weighted by molar-refractivity contribution is 7.86. The van der Waals surface area contributed by atoms with Crippen molar-refractivity contribution >= 4 is 16.2 Å². The van der Waals surface area contributed by atoms with E-state index in [1.807, 2.05) is 0 Å². The minimum absolute atomic E-state index is 0.0258. The minimum Gasteiger partial charge on any atom is -0.478 e. The Balaban J connectivity index is 1.96. The zero-order valence-electron chi connectivity index (χ0n) is 12.1. The highest BCUT2D eigenvalue weighted by Crippen LogP contribution is 2.32. The fourth-order valence-electron chi connectivity index (χ4n) is 2.81. The third-order valence-corrected chi connectivity index (χ3v) is 6.29. The molecule has 3 rings (SSSR count). The maximum atomic E-state index is 13.9. The number of benzene rings is 1. The molecule has 0 saturated heterocycles. The first kappa shape index (κ1) is 15.4. The number of halogens is 1. The molecule has 0 amide bonds. The summed E-state index contributed by atoms with van der Waals surface area (Å²) < 4.78 is 41.5. The number of fused-ring (bicyclic) bond motifs is 1. The van der Waals surface area contributed by atoms with Crippen molar-refractivity contribution in [2.75, 3.05) is 13.6 Å². The van der Waals surface area contributed by atoms with Gasteiger partial charge in [-0.1, -0.05) is 0 Å². The second kappa shape index (κ2) is 5.29. The highest BCUT2D eigenvalue weighted by atomic mass is 32.2. The van der Waals surface area contributed by atoms with Crippen molar-refractivity contribution in [2.24, 2.45) is 0 Å². The normalized spacial score (nSPS) is 19.2. The number of aromatic carboxylic acids is 1. The molecule has 1 heterocycles. The lowest BCUT2D eigenvalue weighted by atomic mass is 9.95. The second-order valence-corrected chi connectivity index (χ2v) is 7.68. The number of carboxylic acid groups (broad SMARTS) is 1. The summed E-state index contributed by atoms with van der Waals surface area (Å²) in [4.78, 5) is 11.3. The van der Waals surface area contributed by atoms with Crippen molar-refractivity contribution in [3.05, 3.63) is 34.6 Å². The molecule has 0 unspecified atom stereocenters. The van der Waals surface area contributed by atoms with Crippen LogP contribution in [0.4, 0.5) is 4.39 Å². The van der Waals surface area contributed by atoms with Crippen LogP contribution < -0.4 is 0 Å². The lowest BCUT2D eigenvalue weighted by molar-refractivity contribution is 0.0694. The minimum atomic E-state index is -3.65.